The molecule has 0 bridgehead atoms. The van der Waals surface area contributed by atoms with Crippen LogP contribution in [-0.4, -0.2) is 16.6 Å². The van der Waals surface area contributed by atoms with Crippen LogP contribution in [0.3, 0.4) is 0 Å². The standard InChI is InChI=1S/C28H26ClNO2/c1-19-9-11-20(12-10-19)25-17-21-5-2-3-8-24(21)27(25)13-15-28(16-14-27,26(31)32)30-23-7-4-6-22(29)18-23/h2-12,17-18,30H,13-16H2,1H3,(H,31,32). The molecule has 1 spiro atoms. The maximum absolute atomic E-state index is 12.5. The Bertz CT molecular complexity index is 1200. The van der Waals surface area contributed by atoms with Crippen LogP contribution in [0.4, 0.5) is 5.69 Å². The summed E-state index contributed by atoms with van der Waals surface area (Å²) in [5.41, 5.74) is 5.89. The van der Waals surface area contributed by atoms with Crippen LogP contribution >= 0.6 is 11.6 Å². The van der Waals surface area contributed by atoms with Crippen LogP contribution in [0.15, 0.2) is 72.8 Å². The molecule has 0 saturated heterocycles. The van der Waals surface area contributed by atoms with Crippen molar-refractivity contribution >= 4 is 34.9 Å². The van der Waals surface area contributed by atoms with Gasteiger partial charge in [-0.15, -0.1) is 0 Å². The number of carboxylic acids is 1. The molecule has 2 aliphatic rings. The van der Waals surface area contributed by atoms with E-state index in [-0.39, 0.29) is 5.41 Å². The second kappa shape index (κ2) is 7.83. The highest BCUT2D eigenvalue weighted by Crippen LogP contribution is 2.56. The molecule has 0 radical (unpaired) electrons. The maximum atomic E-state index is 12.5. The smallest absolute Gasteiger partial charge is 0.329 e. The molecule has 3 aromatic carbocycles. The first-order valence-electron chi connectivity index (χ1n) is 11.1. The molecule has 3 aromatic rings. The van der Waals surface area contributed by atoms with Gasteiger partial charge in [-0.3, -0.25) is 0 Å². The molecule has 5 rings (SSSR count). The van der Waals surface area contributed by atoms with Crippen molar-refractivity contribution < 1.29 is 9.90 Å². The zero-order valence-corrected chi connectivity index (χ0v) is 18.8. The van der Waals surface area contributed by atoms with Crippen molar-refractivity contribution in [2.45, 2.75) is 43.6 Å². The number of fused-ring (bicyclic) bond motifs is 2. The number of hydrogen-bond donors (Lipinski definition) is 2. The minimum absolute atomic E-state index is 0.166. The molecule has 0 heterocycles. The van der Waals surface area contributed by atoms with Gasteiger partial charge in [0.1, 0.15) is 5.54 Å². The average Bonchev–Trinajstić information content (AvgIpc) is 3.10. The summed E-state index contributed by atoms with van der Waals surface area (Å²) in [6.45, 7) is 2.10. The predicted octanol–water partition coefficient (Wildman–Crippen LogP) is 6.95. The molecule has 0 aliphatic heterocycles. The van der Waals surface area contributed by atoms with E-state index < -0.39 is 11.5 Å². The lowest BCUT2D eigenvalue weighted by atomic mass is 9.61. The monoisotopic (exact) mass is 443 g/mol. The van der Waals surface area contributed by atoms with Gasteiger partial charge < -0.3 is 10.4 Å². The number of aryl methyl sites for hydroxylation is 1. The molecule has 0 atom stereocenters. The third-order valence-electron chi connectivity index (χ3n) is 7.23. The molecule has 1 fully saturated rings. The van der Waals surface area contributed by atoms with Crippen LogP contribution in [0.2, 0.25) is 5.02 Å². The lowest BCUT2D eigenvalue weighted by Gasteiger charge is -2.45. The fraction of sp³-hybridized carbons (Fsp3) is 0.250. The summed E-state index contributed by atoms with van der Waals surface area (Å²) in [6.07, 6.45) is 4.91. The van der Waals surface area contributed by atoms with Crippen LogP contribution in [0.5, 0.6) is 0 Å². The number of allylic oxidation sites excluding steroid dienone is 1. The van der Waals surface area contributed by atoms with Gasteiger partial charge >= 0.3 is 5.97 Å². The molecule has 0 aromatic heterocycles. The predicted molar refractivity (Wildman–Crippen MR) is 131 cm³/mol. The van der Waals surface area contributed by atoms with E-state index in [0.29, 0.717) is 17.9 Å². The van der Waals surface area contributed by atoms with Crippen LogP contribution < -0.4 is 5.32 Å². The van der Waals surface area contributed by atoms with Gasteiger partial charge in [-0.1, -0.05) is 71.8 Å². The van der Waals surface area contributed by atoms with E-state index in [4.69, 9.17) is 11.6 Å². The van der Waals surface area contributed by atoms with Crippen LogP contribution in [0, 0.1) is 6.92 Å². The van der Waals surface area contributed by atoms with Crippen LogP contribution in [0.25, 0.3) is 11.6 Å². The van der Waals surface area contributed by atoms with E-state index in [0.717, 1.165) is 18.5 Å². The molecule has 4 heteroatoms. The lowest BCUT2D eigenvalue weighted by molar-refractivity contribution is -0.143. The molecule has 2 N–H and O–H groups in total. The van der Waals surface area contributed by atoms with Gasteiger partial charge in [-0.2, -0.15) is 0 Å². The second-order valence-electron chi connectivity index (χ2n) is 9.12. The average molecular weight is 444 g/mol. The number of rotatable bonds is 4. The summed E-state index contributed by atoms with van der Waals surface area (Å²) in [5.74, 6) is -0.806. The van der Waals surface area contributed by atoms with Gasteiger partial charge in [-0.25, -0.2) is 4.79 Å². The largest absolute Gasteiger partial charge is 0.480 e. The SMILES string of the molecule is Cc1ccc(C2=Cc3ccccc3C23CCC(Nc2cccc(Cl)c2)(C(=O)O)CC3)cc1. The molecule has 162 valence electrons. The number of carbonyl (C=O) groups is 1. The highest BCUT2D eigenvalue weighted by atomic mass is 35.5. The number of nitrogens with one attached hydrogen (secondary N) is 1. The summed E-state index contributed by atoms with van der Waals surface area (Å²) >= 11 is 6.15. The molecule has 0 amide bonds. The Labute approximate surface area is 193 Å². The number of carboxylic acid groups (broad SMARTS) is 1. The summed E-state index contributed by atoms with van der Waals surface area (Å²) < 4.78 is 0. The fourth-order valence-corrected chi connectivity index (χ4v) is 5.66. The van der Waals surface area contributed by atoms with Gasteiger partial charge in [0.25, 0.3) is 0 Å². The zero-order valence-electron chi connectivity index (χ0n) is 18.1. The number of aliphatic carboxylic acids is 1. The topological polar surface area (TPSA) is 49.3 Å². The van der Waals surface area contributed by atoms with Crippen molar-refractivity contribution in [1.82, 2.24) is 0 Å². The molecule has 0 unspecified atom stereocenters. The Hall–Kier alpha value is -3.04. The first kappa shape index (κ1) is 20.8. The summed E-state index contributed by atoms with van der Waals surface area (Å²) in [5, 5.41) is 14.2. The third kappa shape index (κ3) is 3.41. The first-order valence-corrected chi connectivity index (χ1v) is 11.5. The quantitative estimate of drug-likeness (QED) is 0.458. The third-order valence-corrected chi connectivity index (χ3v) is 7.46. The van der Waals surface area contributed by atoms with E-state index in [9.17, 15) is 9.90 Å². The highest BCUT2D eigenvalue weighted by Gasteiger charge is 2.51. The van der Waals surface area contributed by atoms with Crippen LogP contribution in [0.1, 0.15) is 47.9 Å². The zero-order chi connectivity index (χ0) is 22.3. The Morgan fingerprint density at radius 3 is 2.34 bits per heavy atom. The molecule has 32 heavy (non-hydrogen) atoms. The Morgan fingerprint density at radius 1 is 0.938 bits per heavy atom. The van der Waals surface area contributed by atoms with Crippen molar-refractivity contribution in [2.75, 3.05) is 5.32 Å². The lowest BCUT2D eigenvalue weighted by Crippen LogP contribution is -2.52. The minimum Gasteiger partial charge on any atom is -0.480 e. The van der Waals surface area contributed by atoms with Crippen molar-refractivity contribution in [3.8, 4) is 0 Å². The van der Waals surface area contributed by atoms with E-state index in [1.54, 1.807) is 12.1 Å². The summed E-state index contributed by atoms with van der Waals surface area (Å²) in [6, 6.07) is 24.5. The summed E-state index contributed by atoms with van der Waals surface area (Å²) in [4.78, 5) is 12.5. The van der Waals surface area contributed by atoms with Gasteiger partial charge in [0.05, 0.1) is 0 Å². The van der Waals surface area contributed by atoms with Crippen molar-refractivity contribution in [3.63, 3.8) is 0 Å². The normalized spacial score (nSPS) is 24.1. The maximum Gasteiger partial charge on any atom is 0.329 e. The molecule has 2 aliphatic carbocycles. The van der Waals surface area contributed by atoms with Crippen molar-refractivity contribution in [1.29, 1.82) is 0 Å². The molecule has 3 nitrogen and oxygen atoms in total. The Balaban J connectivity index is 1.51. The van der Waals surface area contributed by atoms with E-state index in [1.807, 2.05) is 12.1 Å². The van der Waals surface area contributed by atoms with Crippen molar-refractivity contribution in [3.05, 3.63) is 100 Å². The van der Waals surface area contributed by atoms with E-state index in [2.05, 4.69) is 66.8 Å². The minimum atomic E-state index is -1.01. The van der Waals surface area contributed by atoms with Gasteiger partial charge in [0.2, 0.25) is 0 Å². The Morgan fingerprint density at radius 2 is 1.66 bits per heavy atom. The number of benzene rings is 3. The van der Waals surface area contributed by atoms with Gasteiger partial charge in [-0.05, 0) is 79.1 Å². The number of hydrogen-bond acceptors (Lipinski definition) is 2. The summed E-state index contributed by atoms with van der Waals surface area (Å²) in [7, 11) is 0. The number of anilines is 1. The highest BCUT2D eigenvalue weighted by molar-refractivity contribution is 6.30. The fourth-order valence-electron chi connectivity index (χ4n) is 5.47. The van der Waals surface area contributed by atoms with Gasteiger partial charge in [0, 0.05) is 16.1 Å². The van der Waals surface area contributed by atoms with Gasteiger partial charge in [0.15, 0.2) is 0 Å². The Kier molecular flexibility index (Phi) is 5.10. The molecule has 1 saturated carbocycles. The number of halogens is 1. The van der Waals surface area contributed by atoms with E-state index in [1.165, 1.54) is 27.8 Å². The van der Waals surface area contributed by atoms with Crippen LogP contribution in [-0.2, 0) is 10.2 Å². The van der Waals surface area contributed by atoms with E-state index >= 15 is 0 Å². The second-order valence-corrected chi connectivity index (χ2v) is 9.55. The van der Waals surface area contributed by atoms with Crippen molar-refractivity contribution in [2.24, 2.45) is 0 Å². The molecular formula is C28H26ClNO2. The first-order chi connectivity index (χ1) is 15.4. The molecular weight excluding hydrogens is 418 g/mol.